The molecular formula is C11H9BrFN3O2S. The van der Waals surface area contributed by atoms with E-state index < -0.39 is 20.9 Å². The molecule has 0 fully saturated rings. The van der Waals surface area contributed by atoms with Gasteiger partial charge in [-0.2, -0.15) is 8.42 Å². The molecule has 0 saturated carbocycles. The molecule has 0 spiro atoms. The van der Waals surface area contributed by atoms with Crippen LogP contribution in [0.1, 0.15) is 0 Å². The Bertz CT molecular complexity index is 722. The van der Waals surface area contributed by atoms with Crippen molar-refractivity contribution in [2.75, 3.05) is 10.5 Å². The van der Waals surface area contributed by atoms with E-state index in [1.807, 2.05) is 0 Å². The standard InChI is InChI=1S/C11H9BrFN3O2S/c12-8-4-3-7(6-10(8)14)16-19(17,18)11-9(13)2-1-5-15-11/h1-6,16H,14H2. The van der Waals surface area contributed by atoms with E-state index in [9.17, 15) is 12.8 Å². The van der Waals surface area contributed by atoms with E-state index in [-0.39, 0.29) is 5.69 Å². The summed E-state index contributed by atoms with van der Waals surface area (Å²) in [5.74, 6) is -0.917. The SMILES string of the molecule is Nc1cc(NS(=O)(=O)c2ncccc2F)ccc1Br. The number of aromatic nitrogens is 1. The summed E-state index contributed by atoms with van der Waals surface area (Å²) in [6.45, 7) is 0. The molecular weight excluding hydrogens is 337 g/mol. The minimum atomic E-state index is -4.08. The van der Waals surface area contributed by atoms with Crippen molar-refractivity contribution in [3.63, 3.8) is 0 Å². The molecule has 0 aliphatic carbocycles. The zero-order valence-electron chi connectivity index (χ0n) is 9.47. The number of nitrogens with zero attached hydrogens (tertiary/aromatic N) is 1. The molecule has 2 aromatic rings. The average Bonchev–Trinajstić information content (AvgIpc) is 2.34. The molecule has 19 heavy (non-hydrogen) atoms. The minimum Gasteiger partial charge on any atom is -0.398 e. The van der Waals surface area contributed by atoms with Gasteiger partial charge in [-0.05, 0) is 46.3 Å². The Morgan fingerprint density at radius 1 is 1.32 bits per heavy atom. The lowest BCUT2D eigenvalue weighted by molar-refractivity contribution is 0.557. The maximum absolute atomic E-state index is 13.4. The van der Waals surface area contributed by atoms with Crippen LogP contribution >= 0.6 is 15.9 Å². The molecule has 0 saturated heterocycles. The molecule has 0 unspecified atom stereocenters. The van der Waals surface area contributed by atoms with E-state index in [1.54, 1.807) is 6.07 Å². The minimum absolute atomic E-state index is 0.228. The Morgan fingerprint density at radius 3 is 2.68 bits per heavy atom. The van der Waals surface area contributed by atoms with Gasteiger partial charge < -0.3 is 5.73 Å². The van der Waals surface area contributed by atoms with Gasteiger partial charge in [0.05, 0.1) is 5.69 Å². The molecule has 0 atom stereocenters. The maximum atomic E-state index is 13.4. The third-order valence-corrected chi connectivity index (χ3v) is 4.26. The van der Waals surface area contributed by atoms with Crippen LogP contribution in [-0.4, -0.2) is 13.4 Å². The van der Waals surface area contributed by atoms with Crippen LogP contribution in [0.25, 0.3) is 0 Å². The first-order chi connectivity index (χ1) is 8.90. The topological polar surface area (TPSA) is 85.1 Å². The van der Waals surface area contributed by atoms with E-state index in [2.05, 4.69) is 25.6 Å². The van der Waals surface area contributed by atoms with E-state index in [0.717, 1.165) is 6.07 Å². The molecule has 0 aliphatic heterocycles. The number of nitrogens with two attached hydrogens (primary N) is 1. The lowest BCUT2D eigenvalue weighted by Gasteiger charge is -2.09. The molecule has 0 radical (unpaired) electrons. The third kappa shape index (κ3) is 3.02. The van der Waals surface area contributed by atoms with E-state index in [1.165, 1.54) is 24.4 Å². The quantitative estimate of drug-likeness (QED) is 0.836. The second-order valence-electron chi connectivity index (χ2n) is 3.63. The van der Waals surface area contributed by atoms with Crippen LogP contribution in [0.5, 0.6) is 0 Å². The fourth-order valence-electron chi connectivity index (χ4n) is 1.38. The molecule has 0 bridgehead atoms. The Kier molecular flexibility index (Phi) is 3.72. The predicted molar refractivity (Wildman–Crippen MR) is 73.6 cm³/mol. The number of anilines is 2. The Labute approximate surface area is 117 Å². The van der Waals surface area contributed by atoms with Gasteiger partial charge in [0.15, 0.2) is 5.82 Å². The van der Waals surface area contributed by atoms with Gasteiger partial charge in [-0.1, -0.05) is 0 Å². The van der Waals surface area contributed by atoms with Gasteiger partial charge in [0.2, 0.25) is 5.03 Å². The van der Waals surface area contributed by atoms with Crippen molar-refractivity contribution in [2.24, 2.45) is 0 Å². The zero-order valence-corrected chi connectivity index (χ0v) is 11.9. The molecule has 1 aromatic heterocycles. The second kappa shape index (κ2) is 5.14. The Hall–Kier alpha value is -1.67. The van der Waals surface area contributed by atoms with Crippen molar-refractivity contribution in [2.45, 2.75) is 5.03 Å². The maximum Gasteiger partial charge on any atom is 0.282 e. The van der Waals surface area contributed by atoms with E-state index in [4.69, 9.17) is 5.73 Å². The van der Waals surface area contributed by atoms with Crippen molar-refractivity contribution in [3.8, 4) is 0 Å². The summed E-state index contributed by atoms with van der Waals surface area (Å²) >= 11 is 3.19. The van der Waals surface area contributed by atoms with Crippen LogP contribution in [0.2, 0.25) is 0 Å². The van der Waals surface area contributed by atoms with Crippen molar-refractivity contribution >= 4 is 37.3 Å². The Balaban J connectivity index is 2.37. The lowest BCUT2D eigenvalue weighted by Crippen LogP contribution is -2.16. The second-order valence-corrected chi connectivity index (χ2v) is 6.08. The lowest BCUT2D eigenvalue weighted by atomic mass is 10.3. The third-order valence-electron chi connectivity index (χ3n) is 2.23. The van der Waals surface area contributed by atoms with Crippen LogP contribution in [0, 0.1) is 5.82 Å². The van der Waals surface area contributed by atoms with Crippen LogP contribution < -0.4 is 10.5 Å². The summed E-state index contributed by atoms with van der Waals surface area (Å²) < 4.78 is 40.2. The number of pyridine rings is 1. The molecule has 3 N–H and O–H groups in total. The highest BCUT2D eigenvalue weighted by molar-refractivity contribution is 9.10. The normalized spacial score (nSPS) is 11.3. The molecule has 1 aromatic carbocycles. The number of hydrogen-bond acceptors (Lipinski definition) is 4. The van der Waals surface area contributed by atoms with Gasteiger partial charge in [0, 0.05) is 16.4 Å². The zero-order chi connectivity index (χ0) is 14.0. The largest absolute Gasteiger partial charge is 0.398 e. The summed E-state index contributed by atoms with van der Waals surface area (Å²) in [4.78, 5) is 3.52. The molecule has 0 amide bonds. The van der Waals surface area contributed by atoms with Gasteiger partial charge in [-0.3, -0.25) is 4.72 Å². The number of hydrogen-bond donors (Lipinski definition) is 2. The van der Waals surface area contributed by atoms with Gasteiger partial charge in [-0.15, -0.1) is 0 Å². The first kappa shape index (κ1) is 13.8. The molecule has 8 heteroatoms. The van der Waals surface area contributed by atoms with Crippen LogP contribution in [-0.2, 0) is 10.0 Å². The highest BCUT2D eigenvalue weighted by atomic mass is 79.9. The molecule has 2 rings (SSSR count). The van der Waals surface area contributed by atoms with E-state index >= 15 is 0 Å². The summed E-state index contributed by atoms with van der Waals surface area (Å²) in [6.07, 6.45) is 1.20. The highest BCUT2D eigenvalue weighted by Gasteiger charge is 2.20. The summed E-state index contributed by atoms with van der Waals surface area (Å²) in [5, 5.41) is -0.656. The van der Waals surface area contributed by atoms with Crippen molar-refractivity contribution < 1.29 is 12.8 Å². The fraction of sp³-hybridized carbons (Fsp3) is 0. The van der Waals surface area contributed by atoms with Gasteiger partial charge in [0.25, 0.3) is 10.0 Å². The van der Waals surface area contributed by atoms with Crippen molar-refractivity contribution in [1.82, 2.24) is 4.98 Å². The first-order valence-corrected chi connectivity index (χ1v) is 7.36. The first-order valence-electron chi connectivity index (χ1n) is 5.08. The fourth-order valence-corrected chi connectivity index (χ4v) is 2.68. The molecule has 1 heterocycles. The number of nitrogens with one attached hydrogen (secondary N) is 1. The monoisotopic (exact) mass is 345 g/mol. The van der Waals surface area contributed by atoms with Crippen LogP contribution in [0.15, 0.2) is 46.0 Å². The summed E-state index contributed by atoms with van der Waals surface area (Å²) in [7, 11) is -4.08. The number of rotatable bonds is 3. The van der Waals surface area contributed by atoms with Gasteiger partial charge >= 0.3 is 0 Å². The number of halogens is 2. The van der Waals surface area contributed by atoms with Crippen LogP contribution in [0.4, 0.5) is 15.8 Å². The van der Waals surface area contributed by atoms with Crippen molar-refractivity contribution in [3.05, 3.63) is 46.8 Å². The van der Waals surface area contributed by atoms with E-state index in [0.29, 0.717) is 10.2 Å². The molecule has 100 valence electrons. The average molecular weight is 346 g/mol. The van der Waals surface area contributed by atoms with Gasteiger partial charge in [0.1, 0.15) is 0 Å². The molecule has 0 aliphatic rings. The smallest absolute Gasteiger partial charge is 0.282 e. The Morgan fingerprint density at radius 2 is 2.05 bits per heavy atom. The van der Waals surface area contributed by atoms with Crippen LogP contribution in [0.3, 0.4) is 0 Å². The summed E-state index contributed by atoms with van der Waals surface area (Å²) in [5.41, 5.74) is 6.23. The number of benzene rings is 1. The highest BCUT2D eigenvalue weighted by Crippen LogP contribution is 2.24. The summed E-state index contributed by atoms with van der Waals surface area (Å²) in [6, 6.07) is 6.84. The molecule has 5 nitrogen and oxygen atoms in total. The van der Waals surface area contributed by atoms with Crippen molar-refractivity contribution in [1.29, 1.82) is 0 Å². The predicted octanol–water partition coefficient (Wildman–Crippen LogP) is 2.37. The number of nitrogen functional groups attached to an aromatic ring is 1. The number of sulfonamides is 1. The van der Waals surface area contributed by atoms with Gasteiger partial charge in [-0.25, -0.2) is 9.37 Å².